The van der Waals surface area contributed by atoms with E-state index in [1.807, 2.05) is 35.9 Å². The van der Waals surface area contributed by atoms with E-state index in [9.17, 15) is 0 Å². The molecular formula is C20H17N3O2S. The highest BCUT2D eigenvalue weighted by Crippen LogP contribution is 2.48. The predicted octanol–water partition coefficient (Wildman–Crippen LogP) is 4.80. The summed E-state index contributed by atoms with van der Waals surface area (Å²) in [6.07, 6.45) is 0. The molecule has 0 saturated heterocycles. The van der Waals surface area contributed by atoms with Crippen molar-refractivity contribution < 1.29 is 9.47 Å². The third kappa shape index (κ3) is 2.41. The highest BCUT2D eigenvalue weighted by atomic mass is 32.2. The summed E-state index contributed by atoms with van der Waals surface area (Å²) in [7, 11) is 0. The van der Waals surface area contributed by atoms with Crippen LogP contribution < -0.4 is 9.47 Å². The molecule has 5 rings (SSSR count). The SMILES string of the molecule is CC1=Nc2c(c(C)nn2-c2ccccc2)C(c2ccc3c(c2)OCO3)S1. The Hall–Kier alpha value is -2.73. The van der Waals surface area contributed by atoms with Crippen LogP contribution in [0.1, 0.15) is 29.0 Å². The van der Waals surface area contributed by atoms with Crippen molar-refractivity contribution in [2.45, 2.75) is 19.1 Å². The molecule has 0 radical (unpaired) electrons. The van der Waals surface area contributed by atoms with E-state index in [-0.39, 0.29) is 12.0 Å². The molecule has 0 fully saturated rings. The van der Waals surface area contributed by atoms with E-state index in [4.69, 9.17) is 19.6 Å². The molecule has 0 aliphatic carbocycles. The summed E-state index contributed by atoms with van der Waals surface area (Å²) in [5.74, 6) is 2.52. The maximum absolute atomic E-state index is 5.57. The maximum atomic E-state index is 5.57. The van der Waals surface area contributed by atoms with Gasteiger partial charge in [0.25, 0.3) is 0 Å². The van der Waals surface area contributed by atoms with Crippen molar-refractivity contribution in [1.82, 2.24) is 9.78 Å². The number of aliphatic imine (C=N–C) groups is 1. The van der Waals surface area contributed by atoms with Gasteiger partial charge in [-0.3, -0.25) is 0 Å². The maximum Gasteiger partial charge on any atom is 0.231 e. The van der Waals surface area contributed by atoms with Crippen molar-refractivity contribution in [3.8, 4) is 17.2 Å². The molecule has 5 nitrogen and oxygen atoms in total. The average molecular weight is 363 g/mol. The van der Waals surface area contributed by atoms with Crippen LogP contribution in [0.4, 0.5) is 5.82 Å². The van der Waals surface area contributed by atoms with Gasteiger partial charge in [0.2, 0.25) is 6.79 Å². The molecule has 2 aliphatic heterocycles. The lowest BCUT2D eigenvalue weighted by molar-refractivity contribution is 0.174. The molecule has 26 heavy (non-hydrogen) atoms. The van der Waals surface area contributed by atoms with Crippen molar-refractivity contribution in [3.05, 3.63) is 65.4 Å². The number of aryl methyl sites for hydroxylation is 1. The molecule has 1 unspecified atom stereocenters. The van der Waals surface area contributed by atoms with Crippen LogP contribution in [0.25, 0.3) is 5.69 Å². The summed E-state index contributed by atoms with van der Waals surface area (Å²) in [4.78, 5) is 4.82. The molecule has 0 bridgehead atoms. The van der Waals surface area contributed by atoms with E-state index in [0.717, 1.165) is 39.3 Å². The summed E-state index contributed by atoms with van der Waals surface area (Å²) in [5, 5.41) is 5.94. The summed E-state index contributed by atoms with van der Waals surface area (Å²) in [6, 6.07) is 16.3. The molecule has 1 atom stereocenters. The van der Waals surface area contributed by atoms with E-state index in [1.54, 1.807) is 11.8 Å². The van der Waals surface area contributed by atoms with Gasteiger partial charge in [0.15, 0.2) is 17.3 Å². The quantitative estimate of drug-likeness (QED) is 0.656. The predicted molar refractivity (Wildman–Crippen MR) is 103 cm³/mol. The Bertz CT molecular complexity index is 1030. The lowest BCUT2D eigenvalue weighted by Gasteiger charge is -2.22. The van der Waals surface area contributed by atoms with E-state index in [0.29, 0.717) is 0 Å². The molecule has 0 saturated carbocycles. The number of fused-ring (bicyclic) bond motifs is 2. The van der Waals surface area contributed by atoms with Crippen LogP contribution >= 0.6 is 11.8 Å². The number of hydrogen-bond acceptors (Lipinski definition) is 5. The number of rotatable bonds is 2. The standard InChI is InChI=1S/C20H17N3O2S/c1-12-18-19(14-8-9-16-17(10-14)25-11-24-16)26-13(2)21-20(18)23(22-12)15-6-4-3-5-7-15/h3-10,19H,11H2,1-2H3. The van der Waals surface area contributed by atoms with Crippen LogP contribution in [0.2, 0.25) is 0 Å². The summed E-state index contributed by atoms with van der Waals surface area (Å²) in [5.41, 5.74) is 4.34. The van der Waals surface area contributed by atoms with E-state index >= 15 is 0 Å². The highest BCUT2D eigenvalue weighted by Gasteiger charge is 2.31. The van der Waals surface area contributed by atoms with Crippen molar-refractivity contribution >= 4 is 22.6 Å². The van der Waals surface area contributed by atoms with Crippen molar-refractivity contribution in [2.75, 3.05) is 6.79 Å². The minimum absolute atomic E-state index is 0.134. The fraction of sp³-hybridized carbons (Fsp3) is 0.200. The van der Waals surface area contributed by atoms with Gasteiger partial charge in [-0.05, 0) is 43.7 Å². The molecule has 1 aromatic heterocycles. The zero-order valence-corrected chi connectivity index (χ0v) is 15.3. The molecule has 3 aromatic rings. The van der Waals surface area contributed by atoms with Crippen molar-refractivity contribution in [3.63, 3.8) is 0 Å². The second-order valence-electron chi connectivity index (χ2n) is 6.31. The smallest absolute Gasteiger partial charge is 0.231 e. The normalized spacial score (nSPS) is 17.8. The van der Waals surface area contributed by atoms with Gasteiger partial charge in [-0.2, -0.15) is 5.10 Å². The average Bonchev–Trinajstić information content (AvgIpc) is 3.25. The minimum Gasteiger partial charge on any atom is -0.454 e. The van der Waals surface area contributed by atoms with E-state index in [2.05, 4.69) is 31.2 Å². The van der Waals surface area contributed by atoms with Gasteiger partial charge >= 0.3 is 0 Å². The molecule has 2 aromatic carbocycles. The first kappa shape index (κ1) is 15.5. The van der Waals surface area contributed by atoms with Gasteiger partial charge < -0.3 is 9.47 Å². The third-order valence-corrected chi connectivity index (χ3v) is 5.77. The van der Waals surface area contributed by atoms with Crippen molar-refractivity contribution in [2.24, 2.45) is 4.99 Å². The fourth-order valence-corrected chi connectivity index (χ4v) is 4.56. The number of benzene rings is 2. The Morgan fingerprint density at radius 2 is 1.85 bits per heavy atom. The molecular weight excluding hydrogens is 346 g/mol. The Labute approximate surface area is 155 Å². The molecule has 0 spiro atoms. The Balaban J connectivity index is 1.66. The third-order valence-electron chi connectivity index (χ3n) is 4.60. The van der Waals surface area contributed by atoms with Crippen LogP contribution in [0.15, 0.2) is 53.5 Å². The van der Waals surface area contributed by atoms with Gasteiger partial charge in [0, 0.05) is 5.56 Å². The summed E-state index contributed by atoms with van der Waals surface area (Å²) >= 11 is 1.75. The van der Waals surface area contributed by atoms with Crippen molar-refractivity contribution in [1.29, 1.82) is 0 Å². The topological polar surface area (TPSA) is 48.6 Å². The van der Waals surface area contributed by atoms with E-state index in [1.165, 1.54) is 5.56 Å². The zero-order chi connectivity index (χ0) is 17.7. The number of thioether (sulfide) groups is 1. The lowest BCUT2D eigenvalue weighted by Crippen LogP contribution is -2.06. The lowest BCUT2D eigenvalue weighted by atomic mass is 10.0. The number of hydrogen-bond donors (Lipinski definition) is 0. The summed E-state index contributed by atoms with van der Waals surface area (Å²) < 4.78 is 13.0. The molecule has 6 heteroatoms. The first-order valence-corrected chi connectivity index (χ1v) is 9.35. The van der Waals surface area contributed by atoms with Crippen LogP contribution in [-0.2, 0) is 0 Å². The fourth-order valence-electron chi connectivity index (χ4n) is 3.41. The minimum atomic E-state index is 0.134. The van der Waals surface area contributed by atoms with Crippen LogP contribution in [0.5, 0.6) is 11.5 Å². The van der Waals surface area contributed by atoms with Gasteiger partial charge in [-0.15, -0.1) is 0 Å². The second-order valence-corrected chi connectivity index (χ2v) is 7.61. The first-order valence-electron chi connectivity index (χ1n) is 8.47. The highest BCUT2D eigenvalue weighted by molar-refractivity contribution is 8.14. The Kier molecular flexibility index (Phi) is 3.53. The number of nitrogens with zero attached hydrogens (tertiary/aromatic N) is 3. The van der Waals surface area contributed by atoms with Gasteiger partial charge in [-0.1, -0.05) is 36.0 Å². The van der Waals surface area contributed by atoms with E-state index < -0.39 is 0 Å². The first-order chi connectivity index (χ1) is 12.7. The Morgan fingerprint density at radius 1 is 1.04 bits per heavy atom. The molecule has 2 aliphatic rings. The molecule has 0 N–H and O–H groups in total. The van der Waals surface area contributed by atoms with Gasteiger partial charge in [0.05, 0.1) is 21.7 Å². The largest absolute Gasteiger partial charge is 0.454 e. The number of para-hydroxylation sites is 1. The molecule has 130 valence electrons. The van der Waals surface area contributed by atoms with Crippen LogP contribution in [0, 0.1) is 6.92 Å². The molecule has 3 heterocycles. The summed E-state index contributed by atoms with van der Waals surface area (Å²) in [6.45, 7) is 4.38. The zero-order valence-electron chi connectivity index (χ0n) is 14.5. The molecule has 0 amide bonds. The van der Waals surface area contributed by atoms with Gasteiger partial charge in [-0.25, -0.2) is 9.67 Å². The van der Waals surface area contributed by atoms with Crippen LogP contribution in [0.3, 0.4) is 0 Å². The van der Waals surface area contributed by atoms with Crippen LogP contribution in [-0.4, -0.2) is 21.6 Å². The number of ether oxygens (including phenoxy) is 2. The second kappa shape index (κ2) is 5.92. The number of aromatic nitrogens is 2. The van der Waals surface area contributed by atoms with Gasteiger partial charge in [0.1, 0.15) is 0 Å². The monoisotopic (exact) mass is 363 g/mol. The Morgan fingerprint density at radius 3 is 2.69 bits per heavy atom.